The van der Waals surface area contributed by atoms with E-state index in [0.717, 1.165) is 12.1 Å². The third kappa shape index (κ3) is 6.53. The second-order valence-electron chi connectivity index (χ2n) is 7.03. The summed E-state index contributed by atoms with van der Waals surface area (Å²) in [6.07, 6.45) is 1.83. The first kappa shape index (κ1) is 20.1. The molecule has 1 aliphatic rings. The number of hydrogen-bond donors (Lipinski definition) is 1. The first-order chi connectivity index (χ1) is 11.9. The highest BCUT2D eigenvalue weighted by Crippen LogP contribution is 2.20. The summed E-state index contributed by atoms with van der Waals surface area (Å²) in [5, 5.41) is 3.54. The zero-order valence-electron chi connectivity index (χ0n) is 15.7. The lowest BCUT2D eigenvalue weighted by Crippen LogP contribution is -2.54. The smallest absolute Gasteiger partial charge is 0.410 e. The Hall–Kier alpha value is -1.24. The predicted molar refractivity (Wildman–Crippen MR) is 103 cm³/mol. The van der Waals surface area contributed by atoms with Gasteiger partial charge in [-0.05, 0) is 32.6 Å². The molecule has 1 saturated heterocycles. The van der Waals surface area contributed by atoms with Gasteiger partial charge in [-0.1, -0.05) is 30.3 Å². The van der Waals surface area contributed by atoms with Gasteiger partial charge in [-0.25, -0.2) is 4.79 Å². The third-order valence-corrected chi connectivity index (χ3v) is 5.77. The van der Waals surface area contributed by atoms with Gasteiger partial charge in [0.15, 0.2) is 0 Å². The van der Waals surface area contributed by atoms with Crippen LogP contribution in [0.2, 0.25) is 0 Å². The molecule has 0 radical (unpaired) electrons. The van der Waals surface area contributed by atoms with E-state index in [0.29, 0.717) is 26.3 Å². The molecule has 1 aromatic carbocycles. The van der Waals surface area contributed by atoms with Crippen LogP contribution in [0.5, 0.6) is 0 Å². The van der Waals surface area contributed by atoms with Crippen LogP contribution in [-0.4, -0.2) is 60.4 Å². The lowest BCUT2D eigenvalue weighted by atomic mass is 10.1. The maximum atomic E-state index is 12.3. The van der Waals surface area contributed by atoms with Crippen molar-refractivity contribution in [3.63, 3.8) is 0 Å². The van der Waals surface area contributed by atoms with Crippen LogP contribution < -0.4 is 5.32 Å². The van der Waals surface area contributed by atoms with Crippen LogP contribution in [0.4, 0.5) is 4.79 Å². The zero-order chi connectivity index (χ0) is 18.3. The van der Waals surface area contributed by atoms with E-state index in [-0.39, 0.29) is 23.0 Å². The molecule has 25 heavy (non-hydrogen) atoms. The van der Waals surface area contributed by atoms with Crippen LogP contribution in [-0.2, 0) is 16.1 Å². The Kier molecular flexibility index (Phi) is 7.59. The molecule has 6 heteroatoms. The molecule has 0 aromatic heterocycles. The Bertz CT molecular complexity index is 539. The molecule has 2 rings (SSSR count). The van der Waals surface area contributed by atoms with Crippen LogP contribution in [0.3, 0.4) is 0 Å². The monoisotopic (exact) mass is 366 g/mol. The van der Waals surface area contributed by atoms with Crippen LogP contribution in [0.15, 0.2) is 30.3 Å². The van der Waals surface area contributed by atoms with Crippen molar-refractivity contribution in [3.05, 3.63) is 35.9 Å². The normalized spacial score (nSPS) is 19.5. The van der Waals surface area contributed by atoms with E-state index in [2.05, 4.69) is 32.3 Å². The van der Waals surface area contributed by atoms with Gasteiger partial charge in [0.05, 0.1) is 19.3 Å². The zero-order valence-corrected chi connectivity index (χ0v) is 16.5. The Balaban J connectivity index is 1.80. The number of ether oxygens (including phenoxy) is 2. The minimum absolute atomic E-state index is 0.0179. The number of rotatable bonds is 7. The Morgan fingerprint density at radius 2 is 2.16 bits per heavy atom. The van der Waals surface area contributed by atoms with E-state index >= 15 is 0 Å². The number of hydrogen-bond acceptors (Lipinski definition) is 5. The van der Waals surface area contributed by atoms with E-state index < -0.39 is 0 Å². The number of morpholine rings is 1. The lowest BCUT2D eigenvalue weighted by Gasteiger charge is -2.36. The van der Waals surface area contributed by atoms with E-state index in [1.54, 1.807) is 4.90 Å². The Morgan fingerprint density at radius 3 is 2.84 bits per heavy atom. The number of thioether (sulfide) groups is 1. The molecular weight excluding hydrogens is 336 g/mol. The molecule has 0 saturated carbocycles. The maximum absolute atomic E-state index is 12.3. The van der Waals surface area contributed by atoms with Gasteiger partial charge in [0.25, 0.3) is 0 Å². The van der Waals surface area contributed by atoms with E-state index in [1.165, 1.54) is 0 Å². The average Bonchev–Trinajstić information content (AvgIpc) is 2.65. The summed E-state index contributed by atoms with van der Waals surface area (Å²) in [6, 6.07) is 9.92. The second-order valence-corrected chi connectivity index (χ2v) is 8.54. The molecular formula is C19H30N2O3S. The molecule has 2 atom stereocenters. The van der Waals surface area contributed by atoms with E-state index in [9.17, 15) is 4.79 Å². The van der Waals surface area contributed by atoms with Crippen molar-refractivity contribution in [1.29, 1.82) is 0 Å². The largest absolute Gasteiger partial charge is 0.445 e. The quantitative estimate of drug-likeness (QED) is 0.803. The molecule has 140 valence electrons. The molecule has 1 heterocycles. The number of benzene rings is 1. The highest BCUT2D eigenvalue weighted by molar-refractivity contribution is 7.99. The molecule has 1 N–H and O–H groups in total. The average molecular weight is 367 g/mol. The minimum Gasteiger partial charge on any atom is -0.445 e. The van der Waals surface area contributed by atoms with Crippen LogP contribution in [0.25, 0.3) is 0 Å². The van der Waals surface area contributed by atoms with Crippen molar-refractivity contribution in [1.82, 2.24) is 10.2 Å². The van der Waals surface area contributed by atoms with Gasteiger partial charge >= 0.3 is 6.09 Å². The van der Waals surface area contributed by atoms with Crippen LogP contribution in [0, 0.1) is 0 Å². The second kappa shape index (κ2) is 9.46. The summed E-state index contributed by atoms with van der Waals surface area (Å²) >= 11 is 1.84. The predicted octanol–water partition coefficient (Wildman–Crippen LogP) is 3.14. The number of nitrogens with one attached hydrogen (secondary N) is 1. The number of carbonyl (C=O) groups excluding carboxylic acids is 1. The standard InChI is InChI=1S/C19H30N2O3S/c1-15(20-14-19(2,3)25-4)17-12-21(10-11-23-17)18(22)24-13-16-8-6-5-7-9-16/h5-9,15,17,20H,10-14H2,1-4H3/t15-,17-/m0/s1. The highest BCUT2D eigenvalue weighted by atomic mass is 32.2. The van der Waals surface area contributed by atoms with Gasteiger partial charge in [0.1, 0.15) is 6.61 Å². The van der Waals surface area contributed by atoms with Crippen molar-refractivity contribution in [2.24, 2.45) is 0 Å². The molecule has 0 bridgehead atoms. The minimum atomic E-state index is -0.270. The Morgan fingerprint density at radius 1 is 1.44 bits per heavy atom. The molecule has 1 aromatic rings. The van der Waals surface area contributed by atoms with Gasteiger partial charge < -0.3 is 19.7 Å². The first-order valence-corrected chi connectivity index (χ1v) is 9.99. The summed E-state index contributed by atoms with van der Waals surface area (Å²) in [4.78, 5) is 14.1. The summed E-state index contributed by atoms with van der Waals surface area (Å²) in [5.41, 5.74) is 0.995. The molecule has 0 unspecified atom stereocenters. The van der Waals surface area contributed by atoms with E-state index in [1.807, 2.05) is 42.1 Å². The molecule has 1 amide bonds. The summed E-state index contributed by atoms with van der Waals surface area (Å²) in [6.45, 7) is 9.42. The van der Waals surface area contributed by atoms with Crippen LogP contribution in [0.1, 0.15) is 26.3 Å². The molecule has 0 spiro atoms. The van der Waals surface area contributed by atoms with Crippen molar-refractivity contribution >= 4 is 17.9 Å². The van der Waals surface area contributed by atoms with Gasteiger partial charge in [-0.2, -0.15) is 11.8 Å². The fraction of sp³-hybridized carbons (Fsp3) is 0.632. The number of nitrogens with zero attached hydrogens (tertiary/aromatic N) is 1. The lowest BCUT2D eigenvalue weighted by molar-refractivity contribution is -0.0418. The highest BCUT2D eigenvalue weighted by Gasteiger charge is 2.29. The molecule has 5 nitrogen and oxygen atoms in total. The topological polar surface area (TPSA) is 50.8 Å². The number of amides is 1. The molecule has 1 aliphatic heterocycles. The number of carbonyl (C=O) groups is 1. The van der Waals surface area contributed by atoms with Gasteiger partial charge in [-0.3, -0.25) is 0 Å². The summed E-state index contributed by atoms with van der Waals surface area (Å²) in [5.74, 6) is 0. The van der Waals surface area contributed by atoms with Crippen molar-refractivity contribution in [2.45, 2.75) is 44.3 Å². The fourth-order valence-corrected chi connectivity index (χ4v) is 2.79. The maximum Gasteiger partial charge on any atom is 0.410 e. The van der Waals surface area contributed by atoms with Crippen molar-refractivity contribution in [3.8, 4) is 0 Å². The van der Waals surface area contributed by atoms with E-state index in [4.69, 9.17) is 9.47 Å². The van der Waals surface area contributed by atoms with Crippen LogP contribution >= 0.6 is 11.8 Å². The summed E-state index contributed by atoms with van der Waals surface area (Å²) < 4.78 is 11.5. The molecule has 0 aliphatic carbocycles. The Labute approximate surface area is 155 Å². The van der Waals surface area contributed by atoms with Gasteiger partial charge in [0.2, 0.25) is 0 Å². The SMILES string of the molecule is CSC(C)(C)CN[C@@H](C)[C@@H]1CN(C(=O)OCc2ccccc2)CCO1. The molecule has 1 fully saturated rings. The van der Waals surface area contributed by atoms with Crippen molar-refractivity contribution < 1.29 is 14.3 Å². The fourth-order valence-electron chi connectivity index (χ4n) is 2.56. The van der Waals surface area contributed by atoms with Gasteiger partial charge in [0, 0.05) is 23.9 Å². The van der Waals surface area contributed by atoms with Gasteiger partial charge in [-0.15, -0.1) is 0 Å². The third-order valence-electron chi connectivity index (χ3n) is 4.52. The summed E-state index contributed by atoms with van der Waals surface area (Å²) in [7, 11) is 0. The van der Waals surface area contributed by atoms with Crippen molar-refractivity contribution in [2.75, 3.05) is 32.5 Å². The first-order valence-electron chi connectivity index (χ1n) is 8.77.